The van der Waals surface area contributed by atoms with E-state index in [1.807, 2.05) is 7.05 Å². The predicted molar refractivity (Wildman–Crippen MR) is 49.8 cm³/mol. The molecule has 2 aliphatic heterocycles. The van der Waals surface area contributed by atoms with E-state index in [1.165, 1.54) is 0 Å². The Morgan fingerprint density at radius 2 is 2.70 bits per heavy atom. The molecule has 0 amide bonds. The highest BCUT2D eigenvalue weighted by Gasteiger charge is 2.34. The van der Waals surface area contributed by atoms with Gasteiger partial charge in [-0.1, -0.05) is 0 Å². The molecule has 0 aromatic rings. The fourth-order valence-corrected chi connectivity index (χ4v) is 4.72. The van der Waals surface area contributed by atoms with E-state index in [4.69, 9.17) is 11.2 Å². The highest BCUT2D eigenvalue weighted by molar-refractivity contribution is 8.87. The maximum absolute atomic E-state index is 5.16. The Morgan fingerprint density at radius 1 is 1.90 bits per heavy atom. The van der Waals surface area contributed by atoms with Gasteiger partial charge in [0.15, 0.2) is 6.17 Å². The highest BCUT2D eigenvalue weighted by Crippen LogP contribution is 2.31. The lowest BCUT2D eigenvalue weighted by Gasteiger charge is -2.07. The van der Waals surface area contributed by atoms with E-state index < -0.39 is 0 Å². The van der Waals surface area contributed by atoms with Gasteiger partial charge in [0.05, 0.1) is 0 Å². The van der Waals surface area contributed by atoms with E-state index in [0.29, 0.717) is 0 Å². The molecular weight excluding hydrogens is 186 g/mol. The fourth-order valence-electron chi connectivity index (χ4n) is 0.848. The number of aliphatic imine (C=N–C) groups is 2. The third-order valence-corrected chi connectivity index (χ3v) is 5.23. The van der Waals surface area contributed by atoms with E-state index >= 15 is 0 Å². The average molecular weight is 191 g/mol. The molecule has 3 nitrogen and oxygen atoms in total. The minimum Gasteiger partial charge on any atom is -0.246 e. The van der Waals surface area contributed by atoms with Crippen LogP contribution in [0.1, 0.15) is 0 Å². The summed E-state index contributed by atoms with van der Waals surface area (Å²) in [4.78, 5) is 8.25. The molecule has 1 fully saturated rings. The van der Waals surface area contributed by atoms with Crippen LogP contribution in [0.15, 0.2) is 9.98 Å². The second-order valence-corrected chi connectivity index (χ2v) is 6.65. The van der Waals surface area contributed by atoms with Crippen LogP contribution in [0, 0.1) is 0 Å². The molecule has 0 aromatic heterocycles. The SMILES string of the molecule is CN1SS(=S)C2=NC=NC21. The zero-order valence-electron chi connectivity index (χ0n) is 5.22. The first-order valence-electron chi connectivity index (χ1n) is 2.71. The molecule has 0 aromatic carbocycles. The van der Waals surface area contributed by atoms with Crippen LogP contribution in [-0.2, 0) is 19.7 Å². The highest BCUT2D eigenvalue weighted by atomic mass is 33.3. The van der Waals surface area contributed by atoms with Gasteiger partial charge in [0.1, 0.15) is 11.4 Å². The lowest BCUT2D eigenvalue weighted by atomic mass is 10.6. The standard InChI is InChI=1S/C4H5N3S3/c1-7-3-4(6-2-5-3)10(8)9-7/h2-3H,1H3. The van der Waals surface area contributed by atoms with Gasteiger partial charge in [0.25, 0.3) is 0 Å². The monoisotopic (exact) mass is 191 g/mol. The van der Waals surface area contributed by atoms with Crippen molar-refractivity contribution < 1.29 is 0 Å². The van der Waals surface area contributed by atoms with Crippen molar-refractivity contribution in [3.63, 3.8) is 0 Å². The van der Waals surface area contributed by atoms with Crippen LogP contribution < -0.4 is 0 Å². The van der Waals surface area contributed by atoms with Crippen LogP contribution in [0.4, 0.5) is 0 Å². The molecule has 10 heavy (non-hydrogen) atoms. The van der Waals surface area contributed by atoms with Gasteiger partial charge >= 0.3 is 0 Å². The topological polar surface area (TPSA) is 28.0 Å². The summed E-state index contributed by atoms with van der Waals surface area (Å²) in [5.41, 5.74) is 0. The maximum atomic E-state index is 5.16. The van der Waals surface area contributed by atoms with E-state index in [-0.39, 0.29) is 14.7 Å². The normalized spacial score (nSPS) is 38.3. The van der Waals surface area contributed by atoms with E-state index in [1.54, 1.807) is 17.3 Å². The minimum atomic E-state index is -0.157. The Labute approximate surface area is 69.7 Å². The van der Waals surface area contributed by atoms with Crippen molar-refractivity contribution in [2.24, 2.45) is 9.98 Å². The number of hydrogen-bond acceptors (Lipinski definition) is 5. The second kappa shape index (κ2) is 2.37. The largest absolute Gasteiger partial charge is 0.246 e. The molecule has 2 aliphatic rings. The smallest absolute Gasteiger partial charge is 0.163 e. The molecule has 0 spiro atoms. The Hall–Kier alpha value is 0.220. The van der Waals surface area contributed by atoms with E-state index in [2.05, 4.69) is 14.3 Å². The summed E-state index contributed by atoms with van der Waals surface area (Å²) in [6, 6.07) is 0. The molecule has 54 valence electrons. The molecular formula is C4H5N3S3. The van der Waals surface area contributed by atoms with Crippen LogP contribution in [0.3, 0.4) is 0 Å². The zero-order chi connectivity index (χ0) is 7.14. The van der Waals surface area contributed by atoms with Gasteiger partial charge in [-0.05, 0) is 11.2 Å². The second-order valence-electron chi connectivity index (χ2n) is 1.96. The Kier molecular flexibility index (Phi) is 1.63. The maximum Gasteiger partial charge on any atom is 0.163 e. The van der Waals surface area contributed by atoms with Crippen molar-refractivity contribution in [3.05, 3.63) is 0 Å². The molecule has 2 unspecified atom stereocenters. The summed E-state index contributed by atoms with van der Waals surface area (Å²) in [5, 5.41) is 1.04. The van der Waals surface area contributed by atoms with Gasteiger partial charge in [-0.3, -0.25) is 0 Å². The van der Waals surface area contributed by atoms with Crippen molar-refractivity contribution >= 4 is 42.0 Å². The number of hydrogen-bond donors (Lipinski definition) is 0. The summed E-state index contributed by atoms with van der Waals surface area (Å²) in [7, 11) is 3.48. The first-order valence-corrected chi connectivity index (χ1v) is 6.15. The zero-order valence-corrected chi connectivity index (χ0v) is 7.67. The van der Waals surface area contributed by atoms with Crippen molar-refractivity contribution in [3.8, 4) is 0 Å². The van der Waals surface area contributed by atoms with Crippen LogP contribution in [0.5, 0.6) is 0 Å². The van der Waals surface area contributed by atoms with Gasteiger partial charge < -0.3 is 0 Å². The Bertz CT molecular complexity index is 246. The summed E-state index contributed by atoms with van der Waals surface area (Å²) < 4.78 is 2.05. The molecule has 6 heteroatoms. The average Bonchev–Trinajstić information content (AvgIpc) is 2.39. The molecule has 0 bridgehead atoms. The van der Waals surface area contributed by atoms with Gasteiger partial charge in [-0.25, -0.2) is 14.3 Å². The van der Waals surface area contributed by atoms with Crippen LogP contribution in [0.2, 0.25) is 0 Å². The number of nitrogens with zero attached hydrogens (tertiary/aromatic N) is 3. The fraction of sp³-hybridized carbons (Fsp3) is 0.500. The summed E-state index contributed by atoms with van der Waals surface area (Å²) >= 11 is 5.16. The Balaban J connectivity index is 2.38. The Morgan fingerprint density at radius 3 is 3.40 bits per heavy atom. The van der Waals surface area contributed by atoms with Crippen molar-refractivity contribution in [2.45, 2.75) is 6.17 Å². The van der Waals surface area contributed by atoms with Gasteiger partial charge in [0.2, 0.25) is 0 Å². The quantitative estimate of drug-likeness (QED) is 0.408. The van der Waals surface area contributed by atoms with E-state index in [0.717, 1.165) is 5.04 Å². The third kappa shape index (κ3) is 0.868. The van der Waals surface area contributed by atoms with Crippen LogP contribution in [0.25, 0.3) is 0 Å². The minimum absolute atomic E-state index is 0.144. The summed E-state index contributed by atoms with van der Waals surface area (Å²) in [6.45, 7) is 0. The van der Waals surface area contributed by atoms with Crippen molar-refractivity contribution in [2.75, 3.05) is 7.05 Å². The van der Waals surface area contributed by atoms with Crippen molar-refractivity contribution in [1.29, 1.82) is 0 Å². The lowest BCUT2D eigenvalue weighted by Crippen LogP contribution is -2.22. The van der Waals surface area contributed by atoms with Gasteiger partial charge in [-0.15, -0.1) is 0 Å². The molecule has 2 heterocycles. The van der Waals surface area contributed by atoms with Crippen LogP contribution >= 0.6 is 11.0 Å². The first-order chi connectivity index (χ1) is 4.79. The van der Waals surface area contributed by atoms with E-state index in [9.17, 15) is 0 Å². The molecule has 0 aliphatic carbocycles. The lowest BCUT2D eigenvalue weighted by molar-refractivity contribution is 0.536. The molecule has 0 radical (unpaired) electrons. The van der Waals surface area contributed by atoms with Gasteiger partial charge in [-0.2, -0.15) is 0 Å². The molecule has 0 N–H and O–H groups in total. The third-order valence-electron chi connectivity index (χ3n) is 1.31. The van der Waals surface area contributed by atoms with Crippen LogP contribution in [-0.4, -0.2) is 28.9 Å². The molecule has 2 rings (SSSR count). The number of rotatable bonds is 0. The molecule has 0 saturated carbocycles. The number of fused-ring (bicyclic) bond motifs is 1. The summed E-state index contributed by atoms with van der Waals surface area (Å²) in [5.74, 6) is 0. The van der Waals surface area contributed by atoms with Gasteiger partial charge in [0, 0.05) is 26.5 Å². The van der Waals surface area contributed by atoms with Crippen molar-refractivity contribution in [1.82, 2.24) is 4.31 Å². The summed E-state index contributed by atoms with van der Waals surface area (Å²) in [6.07, 6.45) is 1.74. The molecule has 1 saturated heterocycles. The molecule has 2 atom stereocenters. The predicted octanol–water partition coefficient (Wildman–Crippen LogP) is 0.342. The first kappa shape index (κ1) is 6.90.